The lowest BCUT2D eigenvalue weighted by Crippen LogP contribution is -2.44. The van der Waals surface area contributed by atoms with Gasteiger partial charge >= 0.3 is 0 Å². The molecule has 2 aromatic carbocycles. The van der Waals surface area contributed by atoms with Crippen molar-refractivity contribution in [3.8, 4) is 0 Å². The van der Waals surface area contributed by atoms with Gasteiger partial charge in [0.2, 0.25) is 5.91 Å². The lowest BCUT2D eigenvalue weighted by molar-refractivity contribution is -0.140. The van der Waals surface area contributed by atoms with E-state index in [1.165, 1.54) is 36.4 Å². The first-order chi connectivity index (χ1) is 14.5. The molecule has 0 unspecified atom stereocenters. The second-order valence-corrected chi connectivity index (χ2v) is 7.85. The molecule has 0 spiro atoms. The molecule has 2 fully saturated rings. The summed E-state index contributed by atoms with van der Waals surface area (Å²) in [5, 5.41) is 2.98. The van der Waals surface area contributed by atoms with Crippen LogP contribution >= 0.6 is 0 Å². The zero-order chi connectivity index (χ0) is 21.1. The summed E-state index contributed by atoms with van der Waals surface area (Å²) in [6, 6.07) is 11.4. The highest BCUT2D eigenvalue weighted by Crippen LogP contribution is 2.41. The molecule has 3 atom stereocenters. The zero-order valence-electron chi connectivity index (χ0n) is 16.5. The van der Waals surface area contributed by atoms with Gasteiger partial charge < -0.3 is 15.0 Å². The van der Waals surface area contributed by atoms with E-state index in [1.54, 1.807) is 12.1 Å². The van der Waals surface area contributed by atoms with Gasteiger partial charge in [0.15, 0.2) is 0 Å². The van der Waals surface area contributed by atoms with Crippen molar-refractivity contribution in [3.05, 3.63) is 71.3 Å². The van der Waals surface area contributed by atoms with E-state index in [2.05, 4.69) is 5.32 Å². The summed E-state index contributed by atoms with van der Waals surface area (Å²) < 4.78 is 31.9. The van der Waals surface area contributed by atoms with Crippen LogP contribution in [0, 0.1) is 17.6 Å². The van der Waals surface area contributed by atoms with Gasteiger partial charge in [-0.2, -0.15) is 0 Å². The molecule has 1 aliphatic carbocycles. The van der Waals surface area contributed by atoms with Gasteiger partial charge in [-0.3, -0.25) is 9.59 Å². The Morgan fingerprint density at radius 2 is 1.50 bits per heavy atom. The number of amides is 2. The standard InChI is InChI=1S/C23H24F2N2O3/c24-17-5-1-15(2-6-17)20-13-19(26-22(28)16-3-7-18(25)8-4-16)14-21(20)23(29)27-9-11-30-12-10-27/h1-8,19-21H,9-14H2,(H,26,28)/t19-,20+,21-/m0/s1. The Morgan fingerprint density at radius 1 is 0.900 bits per heavy atom. The van der Waals surface area contributed by atoms with Gasteiger partial charge in [-0.25, -0.2) is 8.78 Å². The predicted molar refractivity (Wildman–Crippen MR) is 107 cm³/mol. The normalized spacial score (nSPS) is 23.9. The van der Waals surface area contributed by atoms with E-state index < -0.39 is 5.82 Å². The van der Waals surface area contributed by atoms with Crippen molar-refractivity contribution >= 4 is 11.8 Å². The molecule has 2 aromatic rings. The van der Waals surface area contributed by atoms with E-state index in [0.29, 0.717) is 44.7 Å². The summed E-state index contributed by atoms with van der Waals surface area (Å²) in [5.74, 6) is -1.39. The van der Waals surface area contributed by atoms with Crippen LogP contribution in [0.3, 0.4) is 0 Å². The Labute approximate surface area is 174 Å². The molecule has 0 bridgehead atoms. The van der Waals surface area contributed by atoms with Gasteiger partial charge in [0.25, 0.3) is 5.91 Å². The average molecular weight is 414 g/mol. The van der Waals surface area contributed by atoms with Crippen molar-refractivity contribution in [2.45, 2.75) is 24.8 Å². The Bertz CT molecular complexity index is 896. The van der Waals surface area contributed by atoms with Crippen molar-refractivity contribution < 1.29 is 23.1 Å². The molecule has 1 aliphatic heterocycles. The summed E-state index contributed by atoms with van der Waals surface area (Å²) in [6.07, 6.45) is 1.09. The summed E-state index contributed by atoms with van der Waals surface area (Å²) in [4.78, 5) is 27.6. The number of carbonyl (C=O) groups is 2. The van der Waals surface area contributed by atoms with Crippen LogP contribution in [0.25, 0.3) is 0 Å². The summed E-state index contributed by atoms with van der Waals surface area (Å²) in [6.45, 7) is 2.14. The smallest absolute Gasteiger partial charge is 0.251 e. The third-order valence-electron chi connectivity index (χ3n) is 5.94. The molecule has 5 nitrogen and oxygen atoms in total. The number of rotatable bonds is 4. The van der Waals surface area contributed by atoms with Crippen LogP contribution < -0.4 is 5.32 Å². The van der Waals surface area contributed by atoms with Crippen molar-refractivity contribution in [1.29, 1.82) is 0 Å². The van der Waals surface area contributed by atoms with Gasteiger partial charge in [-0.05, 0) is 60.7 Å². The van der Waals surface area contributed by atoms with Gasteiger partial charge in [0.05, 0.1) is 13.2 Å². The lowest BCUT2D eigenvalue weighted by Gasteiger charge is -2.31. The molecule has 0 aromatic heterocycles. The fraction of sp³-hybridized carbons (Fsp3) is 0.391. The Hall–Kier alpha value is -2.80. The van der Waals surface area contributed by atoms with E-state index in [4.69, 9.17) is 4.74 Å². The van der Waals surface area contributed by atoms with Gasteiger partial charge in [-0.15, -0.1) is 0 Å². The van der Waals surface area contributed by atoms with Crippen LogP contribution in [0.4, 0.5) is 8.78 Å². The fourth-order valence-corrected chi connectivity index (χ4v) is 4.40. The number of hydrogen-bond acceptors (Lipinski definition) is 3. The van der Waals surface area contributed by atoms with Crippen LogP contribution in [0.15, 0.2) is 48.5 Å². The van der Waals surface area contributed by atoms with Crippen LogP contribution in [0.2, 0.25) is 0 Å². The molecular formula is C23H24F2N2O3. The number of ether oxygens (including phenoxy) is 1. The maximum Gasteiger partial charge on any atom is 0.251 e. The summed E-state index contributed by atoms with van der Waals surface area (Å²) in [5.41, 5.74) is 1.26. The van der Waals surface area contributed by atoms with Crippen LogP contribution in [0.5, 0.6) is 0 Å². The maximum atomic E-state index is 13.4. The minimum absolute atomic E-state index is 0.0474. The number of benzene rings is 2. The number of carbonyl (C=O) groups excluding carboxylic acids is 2. The molecular weight excluding hydrogens is 390 g/mol. The largest absolute Gasteiger partial charge is 0.378 e. The molecule has 158 valence electrons. The molecule has 2 amide bonds. The maximum absolute atomic E-state index is 13.4. The van der Waals surface area contributed by atoms with E-state index in [1.807, 2.05) is 4.90 Å². The molecule has 0 radical (unpaired) electrons. The second kappa shape index (κ2) is 8.92. The minimum atomic E-state index is -0.403. The molecule has 30 heavy (non-hydrogen) atoms. The number of halogens is 2. The molecule has 4 rings (SSSR count). The molecule has 1 N–H and O–H groups in total. The van der Waals surface area contributed by atoms with E-state index in [9.17, 15) is 18.4 Å². The topological polar surface area (TPSA) is 58.6 Å². The van der Waals surface area contributed by atoms with Crippen molar-refractivity contribution in [2.75, 3.05) is 26.3 Å². The monoisotopic (exact) mass is 414 g/mol. The summed E-state index contributed by atoms with van der Waals surface area (Å²) >= 11 is 0. The summed E-state index contributed by atoms with van der Waals surface area (Å²) in [7, 11) is 0. The molecule has 2 aliphatic rings. The quantitative estimate of drug-likeness (QED) is 0.837. The van der Waals surface area contributed by atoms with Crippen molar-refractivity contribution in [1.82, 2.24) is 10.2 Å². The number of hydrogen-bond donors (Lipinski definition) is 1. The van der Waals surface area contributed by atoms with Gasteiger partial charge in [0.1, 0.15) is 11.6 Å². The zero-order valence-corrected chi connectivity index (χ0v) is 16.5. The SMILES string of the molecule is O=C(N[C@@H]1C[C@H](C(=O)N2CCOCC2)[C@@H](c2ccc(F)cc2)C1)c1ccc(F)cc1. The third kappa shape index (κ3) is 4.51. The van der Waals surface area contributed by atoms with Crippen LogP contribution in [-0.4, -0.2) is 49.1 Å². The minimum Gasteiger partial charge on any atom is -0.378 e. The molecule has 1 heterocycles. The van der Waals surface area contributed by atoms with E-state index in [0.717, 1.165) is 5.56 Å². The number of nitrogens with one attached hydrogen (secondary N) is 1. The highest BCUT2D eigenvalue weighted by molar-refractivity contribution is 5.94. The Kier molecular flexibility index (Phi) is 6.08. The lowest BCUT2D eigenvalue weighted by atomic mass is 9.88. The Balaban J connectivity index is 1.52. The van der Waals surface area contributed by atoms with Crippen LogP contribution in [0.1, 0.15) is 34.7 Å². The van der Waals surface area contributed by atoms with E-state index >= 15 is 0 Å². The Morgan fingerprint density at radius 3 is 2.13 bits per heavy atom. The van der Waals surface area contributed by atoms with Gasteiger partial charge in [-0.1, -0.05) is 12.1 Å². The third-order valence-corrected chi connectivity index (χ3v) is 5.94. The van der Waals surface area contributed by atoms with Crippen LogP contribution in [-0.2, 0) is 9.53 Å². The van der Waals surface area contributed by atoms with Gasteiger partial charge in [0, 0.05) is 30.6 Å². The first kappa shape index (κ1) is 20.5. The molecule has 7 heteroatoms. The predicted octanol–water partition coefficient (Wildman–Crippen LogP) is 3.12. The first-order valence-electron chi connectivity index (χ1n) is 10.2. The van der Waals surface area contributed by atoms with Crippen molar-refractivity contribution in [2.24, 2.45) is 5.92 Å². The number of morpholine rings is 1. The highest BCUT2D eigenvalue weighted by Gasteiger charge is 2.42. The number of nitrogens with zero attached hydrogens (tertiary/aromatic N) is 1. The van der Waals surface area contributed by atoms with E-state index in [-0.39, 0.29) is 35.5 Å². The highest BCUT2D eigenvalue weighted by atomic mass is 19.1. The first-order valence-corrected chi connectivity index (χ1v) is 10.2. The molecule has 1 saturated heterocycles. The molecule has 1 saturated carbocycles. The van der Waals surface area contributed by atoms with Crippen molar-refractivity contribution in [3.63, 3.8) is 0 Å². The fourth-order valence-electron chi connectivity index (χ4n) is 4.40. The second-order valence-electron chi connectivity index (χ2n) is 7.85. The average Bonchev–Trinajstić information content (AvgIpc) is 3.18.